The predicted molar refractivity (Wildman–Crippen MR) is 94.0 cm³/mol. The molecular formula is C18H19ClN2O3. The van der Waals surface area contributed by atoms with Crippen molar-refractivity contribution in [3.8, 4) is 11.5 Å². The summed E-state index contributed by atoms with van der Waals surface area (Å²) in [5.74, 6) is 1.27. The largest absolute Gasteiger partial charge is 0.496 e. The van der Waals surface area contributed by atoms with Crippen molar-refractivity contribution in [3.05, 3.63) is 52.5 Å². The van der Waals surface area contributed by atoms with E-state index in [1.54, 1.807) is 6.07 Å². The van der Waals surface area contributed by atoms with Crippen LogP contribution in [0, 0.1) is 0 Å². The quantitative estimate of drug-likeness (QED) is 0.834. The first kappa shape index (κ1) is 16.5. The number of halogens is 1. The van der Waals surface area contributed by atoms with Crippen LogP contribution in [0.4, 0.5) is 5.69 Å². The van der Waals surface area contributed by atoms with Gasteiger partial charge in [-0.2, -0.15) is 0 Å². The third-order valence-corrected chi connectivity index (χ3v) is 4.48. The topological polar surface area (TPSA) is 73.6 Å². The number of rotatable bonds is 4. The van der Waals surface area contributed by atoms with Crippen molar-refractivity contribution in [2.75, 3.05) is 26.0 Å². The summed E-state index contributed by atoms with van der Waals surface area (Å²) in [5.41, 5.74) is 7.62. The Labute approximate surface area is 145 Å². The summed E-state index contributed by atoms with van der Waals surface area (Å²) in [4.78, 5) is 12.5. The third kappa shape index (κ3) is 3.26. The van der Waals surface area contributed by atoms with Crippen molar-refractivity contribution in [3.63, 3.8) is 0 Å². The number of nitrogens with one attached hydrogen (secondary N) is 1. The monoisotopic (exact) mass is 346 g/mol. The zero-order valence-electron chi connectivity index (χ0n) is 13.3. The van der Waals surface area contributed by atoms with Crippen LogP contribution in [0.2, 0.25) is 5.02 Å². The molecule has 1 amide bonds. The molecule has 0 saturated carbocycles. The van der Waals surface area contributed by atoms with Gasteiger partial charge in [0.1, 0.15) is 11.5 Å². The van der Waals surface area contributed by atoms with E-state index in [2.05, 4.69) is 5.32 Å². The number of hydrogen-bond donors (Lipinski definition) is 2. The van der Waals surface area contributed by atoms with Gasteiger partial charge in [-0.15, -0.1) is 0 Å². The van der Waals surface area contributed by atoms with Crippen LogP contribution in [0.5, 0.6) is 11.5 Å². The molecule has 1 aliphatic heterocycles. The molecule has 1 unspecified atom stereocenters. The Kier molecular flexibility index (Phi) is 4.81. The highest BCUT2D eigenvalue weighted by molar-refractivity contribution is 6.33. The molecule has 2 aromatic carbocycles. The highest BCUT2D eigenvalue weighted by Crippen LogP contribution is 2.33. The number of ether oxygens (including phenoxy) is 2. The number of nitrogen functional groups attached to an aromatic ring is 1. The number of nitrogens with two attached hydrogens (primary N) is 1. The first-order valence-corrected chi connectivity index (χ1v) is 8.11. The maximum Gasteiger partial charge on any atom is 0.255 e. The van der Waals surface area contributed by atoms with E-state index in [4.69, 9.17) is 26.8 Å². The first-order chi connectivity index (χ1) is 11.6. The van der Waals surface area contributed by atoms with Gasteiger partial charge in [0.15, 0.2) is 0 Å². The van der Waals surface area contributed by atoms with Crippen LogP contribution < -0.4 is 20.5 Å². The van der Waals surface area contributed by atoms with Crippen LogP contribution in [0.15, 0.2) is 36.4 Å². The number of para-hydroxylation sites is 1. The lowest BCUT2D eigenvalue weighted by atomic mass is 9.93. The van der Waals surface area contributed by atoms with E-state index < -0.39 is 0 Å². The van der Waals surface area contributed by atoms with Crippen LogP contribution >= 0.6 is 11.6 Å². The summed E-state index contributed by atoms with van der Waals surface area (Å²) in [5, 5.41) is 3.29. The molecule has 0 saturated heterocycles. The molecule has 0 bridgehead atoms. The Balaban J connectivity index is 1.74. The van der Waals surface area contributed by atoms with Crippen LogP contribution in [0.3, 0.4) is 0 Å². The molecule has 5 nitrogen and oxygen atoms in total. The van der Waals surface area contributed by atoms with Gasteiger partial charge in [0.05, 0.1) is 30.0 Å². The Morgan fingerprint density at radius 1 is 1.42 bits per heavy atom. The normalized spacial score (nSPS) is 16.0. The molecule has 3 N–H and O–H groups in total. The van der Waals surface area contributed by atoms with E-state index in [9.17, 15) is 4.79 Å². The number of carbonyl (C=O) groups excluding carboxylic acids is 1. The molecule has 0 fully saturated rings. The lowest BCUT2D eigenvalue weighted by molar-refractivity contribution is 0.0945. The van der Waals surface area contributed by atoms with E-state index in [1.807, 2.05) is 24.3 Å². The van der Waals surface area contributed by atoms with Gasteiger partial charge in [0, 0.05) is 18.5 Å². The zero-order valence-corrected chi connectivity index (χ0v) is 14.1. The molecule has 24 heavy (non-hydrogen) atoms. The number of fused-ring (bicyclic) bond motifs is 1. The average Bonchev–Trinajstić information content (AvgIpc) is 2.61. The molecule has 1 atom stereocenters. The van der Waals surface area contributed by atoms with Gasteiger partial charge in [0.2, 0.25) is 0 Å². The smallest absolute Gasteiger partial charge is 0.255 e. The van der Waals surface area contributed by atoms with E-state index >= 15 is 0 Å². The zero-order chi connectivity index (χ0) is 17.1. The van der Waals surface area contributed by atoms with Gasteiger partial charge in [-0.3, -0.25) is 4.79 Å². The van der Waals surface area contributed by atoms with Gasteiger partial charge in [-0.05, 0) is 24.1 Å². The van der Waals surface area contributed by atoms with Crippen LogP contribution in [-0.2, 0) is 0 Å². The molecule has 6 heteroatoms. The van der Waals surface area contributed by atoms with Gasteiger partial charge in [-0.25, -0.2) is 0 Å². The van der Waals surface area contributed by atoms with Crippen molar-refractivity contribution in [2.24, 2.45) is 0 Å². The van der Waals surface area contributed by atoms with Crippen molar-refractivity contribution >= 4 is 23.2 Å². The second-order valence-corrected chi connectivity index (χ2v) is 6.06. The first-order valence-electron chi connectivity index (χ1n) is 7.73. The third-order valence-electron chi connectivity index (χ3n) is 4.16. The van der Waals surface area contributed by atoms with E-state index in [1.165, 1.54) is 13.2 Å². The minimum absolute atomic E-state index is 0.217. The SMILES string of the molecule is COc1cc(N)c(Cl)cc1C(=O)NCC1CCOc2ccccc21. The number of hydrogen-bond acceptors (Lipinski definition) is 4. The van der Waals surface area contributed by atoms with Gasteiger partial charge >= 0.3 is 0 Å². The van der Waals surface area contributed by atoms with Crippen molar-refractivity contribution in [1.82, 2.24) is 5.32 Å². The molecule has 0 radical (unpaired) electrons. The highest BCUT2D eigenvalue weighted by Gasteiger charge is 2.22. The van der Waals surface area contributed by atoms with Gasteiger partial charge in [0.25, 0.3) is 5.91 Å². The van der Waals surface area contributed by atoms with E-state index in [0.29, 0.717) is 35.2 Å². The second-order valence-electron chi connectivity index (χ2n) is 5.66. The summed E-state index contributed by atoms with van der Waals surface area (Å²) in [7, 11) is 1.49. The number of benzene rings is 2. The van der Waals surface area contributed by atoms with E-state index in [0.717, 1.165) is 17.7 Å². The standard InChI is InChI=1S/C18H19ClN2O3/c1-23-17-9-15(20)14(19)8-13(17)18(22)21-10-11-6-7-24-16-5-3-2-4-12(11)16/h2-5,8-9,11H,6-7,10,20H2,1H3,(H,21,22). The lowest BCUT2D eigenvalue weighted by Crippen LogP contribution is -2.31. The van der Waals surface area contributed by atoms with Crippen LogP contribution in [-0.4, -0.2) is 26.2 Å². The Hall–Kier alpha value is -2.40. The summed E-state index contributed by atoms with van der Waals surface area (Å²) in [6, 6.07) is 11.0. The molecule has 0 spiro atoms. The molecular weight excluding hydrogens is 328 g/mol. The van der Waals surface area contributed by atoms with E-state index in [-0.39, 0.29) is 11.8 Å². The molecule has 1 heterocycles. The fourth-order valence-electron chi connectivity index (χ4n) is 2.85. The minimum Gasteiger partial charge on any atom is -0.496 e. The molecule has 126 valence electrons. The lowest BCUT2D eigenvalue weighted by Gasteiger charge is -2.26. The number of carbonyl (C=O) groups is 1. The fraction of sp³-hybridized carbons (Fsp3) is 0.278. The number of amides is 1. The fourth-order valence-corrected chi connectivity index (χ4v) is 3.02. The maximum absolute atomic E-state index is 12.5. The molecule has 0 aromatic heterocycles. The summed E-state index contributed by atoms with van der Waals surface area (Å²) >= 11 is 6.03. The Morgan fingerprint density at radius 2 is 2.21 bits per heavy atom. The van der Waals surface area contributed by atoms with Gasteiger partial charge in [-0.1, -0.05) is 29.8 Å². The van der Waals surface area contributed by atoms with Gasteiger partial charge < -0.3 is 20.5 Å². The molecule has 2 aromatic rings. The second kappa shape index (κ2) is 7.01. The maximum atomic E-state index is 12.5. The van der Waals surface area contributed by atoms with Crippen LogP contribution in [0.25, 0.3) is 0 Å². The average molecular weight is 347 g/mol. The highest BCUT2D eigenvalue weighted by atomic mass is 35.5. The Bertz CT molecular complexity index is 764. The summed E-state index contributed by atoms with van der Waals surface area (Å²) in [6.07, 6.45) is 0.858. The molecule has 1 aliphatic rings. The van der Waals surface area contributed by atoms with Crippen LogP contribution in [0.1, 0.15) is 28.3 Å². The minimum atomic E-state index is -0.238. The van der Waals surface area contributed by atoms with Crippen molar-refractivity contribution in [2.45, 2.75) is 12.3 Å². The number of methoxy groups -OCH3 is 1. The van der Waals surface area contributed by atoms with Crippen molar-refractivity contribution in [1.29, 1.82) is 0 Å². The Morgan fingerprint density at radius 3 is 3.00 bits per heavy atom. The summed E-state index contributed by atoms with van der Waals surface area (Å²) in [6.45, 7) is 1.17. The molecule has 0 aliphatic carbocycles. The van der Waals surface area contributed by atoms with Crippen molar-refractivity contribution < 1.29 is 14.3 Å². The number of anilines is 1. The molecule has 3 rings (SSSR count). The summed E-state index contributed by atoms with van der Waals surface area (Å²) < 4.78 is 10.9. The predicted octanol–water partition coefficient (Wildman–Crippen LogP) is 3.23.